The average Bonchev–Trinajstić information content (AvgIpc) is 3.07. The van der Waals surface area contributed by atoms with E-state index in [0.717, 1.165) is 6.42 Å². The number of rotatable bonds is 4. The highest BCUT2D eigenvalue weighted by molar-refractivity contribution is 6.40. The van der Waals surface area contributed by atoms with E-state index in [1.54, 1.807) is 24.3 Å². The Hall–Kier alpha value is -2.90. The molecule has 3 N–H and O–H groups in total. The van der Waals surface area contributed by atoms with E-state index >= 15 is 0 Å². The SMILES string of the molecule is CC1CCN(C(=O)C2=NN(c3ccccc3)C(C(=O)O)C2)C(C(N)=O)C1. The first-order valence-corrected chi connectivity index (χ1v) is 8.63. The van der Waals surface area contributed by atoms with Crippen molar-refractivity contribution in [3.05, 3.63) is 30.3 Å². The molecule has 2 heterocycles. The zero-order valence-corrected chi connectivity index (χ0v) is 14.5. The Morgan fingerprint density at radius 3 is 2.50 bits per heavy atom. The van der Waals surface area contributed by atoms with Crippen LogP contribution in [0, 0.1) is 5.92 Å². The molecule has 2 aliphatic rings. The molecular formula is C18H22N4O4. The van der Waals surface area contributed by atoms with Gasteiger partial charge in [-0.3, -0.25) is 14.6 Å². The predicted octanol–water partition coefficient (Wildman–Crippen LogP) is 0.818. The first kappa shape index (κ1) is 17.9. The Morgan fingerprint density at radius 1 is 1.19 bits per heavy atom. The number of hydrogen-bond acceptors (Lipinski definition) is 5. The van der Waals surface area contributed by atoms with E-state index in [1.807, 2.05) is 13.0 Å². The van der Waals surface area contributed by atoms with Gasteiger partial charge in [-0.05, 0) is 30.9 Å². The standard InChI is InChI=1S/C18H22N4O4/c1-11-7-8-21(14(9-11)16(19)23)17(24)13-10-15(18(25)26)22(20-13)12-5-3-2-4-6-12/h2-6,11,14-15H,7-10H2,1H3,(H2,19,23)(H,25,26). The minimum atomic E-state index is -1.06. The first-order chi connectivity index (χ1) is 12.4. The molecular weight excluding hydrogens is 336 g/mol. The van der Waals surface area contributed by atoms with Crippen LogP contribution in [0.2, 0.25) is 0 Å². The molecule has 2 amide bonds. The van der Waals surface area contributed by atoms with E-state index < -0.39 is 29.9 Å². The summed E-state index contributed by atoms with van der Waals surface area (Å²) in [6.45, 7) is 2.43. The van der Waals surface area contributed by atoms with Crippen LogP contribution in [0.3, 0.4) is 0 Å². The molecule has 0 saturated carbocycles. The summed E-state index contributed by atoms with van der Waals surface area (Å²) >= 11 is 0. The number of amides is 2. The van der Waals surface area contributed by atoms with Crippen LogP contribution in [0.25, 0.3) is 0 Å². The lowest BCUT2D eigenvalue weighted by Crippen LogP contribution is -2.53. The number of carbonyl (C=O) groups is 3. The number of aliphatic carboxylic acids is 1. The summed E-state index contributed by atoms with van der Waals surface area (Å²) in [5.74, 6) is -1.71. The van der Waals surface area contributed by atoms with Gasteiger partial charge in [0.25, 0.3) is 5.91 Å². The number of benzene rings is 1. The number of likely N-dealkylation sites (tertiary alicyclic amines) is 1. The number of carboxylic acids is 1. The van der Waals surface area contributed by atoms with E-state index in [4.69, 9.17) is 5.73 Å². The molecule has 3 rings (SSSR count). The topological polar surface area (TPSA) is 116 Å². The number of hydrogen-bond donors (Lipinski definition) is 2. The van der Waals surface area contributed by atoms with Crippen molar-refractivity contribution < 1.29 is 19.5 Å². The van der Waals surface area contributed by atoms with E-state index in [1.165, 1.54) is 9.91 Å². The van der Waals surface area contributed by atoms with Gasteiger partial charge in [-0.2, -0.15) is 5.10 Å². The summed E-state index contributed by atoms with van der Waals surface area (Å²) < 4.78 is 0. The molecule has 138 valence electrons. The Balaban J connectivity index is 1.87. The van der Waals surface area contributed by atoms with Crippen LogP contribution in [-0.4, -0.2) is 52.1 Å². The third-order valence-corrected chi connectivity index (χ3v) is 4.92. The molecule has 0 spiro atoms. The summed E-state index contributed by atoms with van der Waals surface area (Å²) in [7, 11) is 0. The van der Waals surface area contributed by atoms with E-state index in [-0.39, 0.29) is 12.1 Å². The Kier molecular flexibility index (Phi) is 4.92. The zero-order valence-electron chi connectivity index (χ0n) is 14.5. The summed E-state index contributed by atoms with van der Waals surface area (Å²) in [6, 6.07) is 7.22. The fourth-order valence-electron chi connectivity index (χ4n) is 3.47. The fourth-order valence-corrected chi connectivity index (χ4v) is 3.47. The molecule has 0 aromatic heterocycles. The van der Waals surface area contributed by atoms with Crippen molar-refractivity contribution in [3.63, 3.8) is 0 Å². The van der Waals surface area contributed by atoms with Gasteiger partial charge >= 0.3 is 5.97 Å². The lowest BCUT2D eigenvalue weighted by molar-refractivity contribution is -0.138. The lowest BCUT2D eigenvalue weighted by atomic mass is 9.91. The number of nitrogens with zero attached hydrogens (tertiary/aromatic N) is 3. The number of primary amides is 1. The summed E-state index contributed by atoms with van der Waals surface area (Å²) in [4.78, 5) is 37.8. The number of nitrogens with two attached hydrogens (primary N) is 1. The Labute approximate surface area is 151 Å². The second kappa shape index (κ2) is 7.15. The molecule has 2 aliphatic heterocycles. The third-order valence-electron chi connectivity index (χ3n) is 4.92. The van der Waals surface area contributed by atoms with Crippen molar-refractivity contribution in [1.29, 1.82) is 0 Å². The van der Waals surface area contributed by atoms with Crippen LogP contribution >= 0.6 is 0 Å². The van der Waals surface area contributed by atoms with Crippen LogP contribution < -0.4 is 10.7 Å². The van der Waals surface area contributed by atoms with E-state index in [0.29, 0.717) is 24.6 Å². The van der Waals surface area contributed by atoms with Gasteiger partial charge in [0, 0.05) is 13.0 Å². The minimum absolute atomic E-state index is 0.0133. The molecule has 0 aliphatic carbocycles. The minimum Gasteiger partial charge on any atom is -0.480 e. The lowest BCUT2D eigenvalue weighted by Gasteiger charge is -2.36. The second-order valence-electron chi connectivity index (χ2n) is 6.83. The van der Waals surface area contributed by atoms with Crippen LogP contribution in [0.15, 0.2) is 35.4 Å². The molecule has 3 unspecified atom stereocenters. The van der Waals surface area contributed by atoms with Crippen molar-refractivity contribution in [2.45, 2.75) is 38.3 Å². The number of carboxylic acid groups (broad SMARTS) is 1. The van der Waals surface area contributed by atoms with Gasteiger partial charge in [0.1, 0.15) is 11.8 Å². The molecule has 8 heteroatoms. The number of hydrazone groups is 1. The van der Waals surface area contributed by atoms with Gasteiger partial charge in [0.15, 0.2) is 6.04 Å². The number of piperidine rings is 1. The van der Waals surface area contributed by atoms with Crippen LogP contribution in [-0.2, 0) is 14.4 Å². The van der Waals surface area contributed by atoms with Crippen molar-refractivity contribution in [1.82, 2.24) is 4.90 Å². The normalized spacial score (nSPS) is 25.7. The van der Waals surface area contributed by atoms with Gasteiger partial charge in [-0.25, -0.2) is 4.79 Å². The molecule has 26 heavy (non-hydrogen) atoms. The summed E-state index contributed by atoms with van der Waals surface area (Å²) in [5.41, 5.74) is 6.21. The molecule has 1 aromatic rings. The van der Waals surface area contributed by atoms with Gasteiger partial charge in [-0.1, -0.05) is 25.1 Å². The highest BCUT2D eigenvalue weighted by atomic mass is 16.4. The monoisotopic (exact) mass is 358 g/mol. The summed E-state index contributed by atoms with van der Waals surface area (Å²) in [6.07, 6.45) is 1.27. The van der Waals surface area contributed by atoms with Crippen molar-refractivity contribution in [2.75, 3.05) is 11.6 Å². The largest absolute Gasteiger partial charge is 0.480 e. The van der Waals surface area contributed by atoms with Gasteiger partial charge in [-0.15, -0.1) is 0 Å². The maximum Gasteiger partial charge on any atom is 0.328 e. The van der Waals surface area contributed by atoms with Crippen LogP contribution in [0.5, 0.6) is 0 Å². The molecule has 0 bridgehead atoms. The number of carbonyl (C=O) groups excluding carboxylic acids is 2. The Morgan fingerprint density at radius 2 is 1.88 bits per heavy atom. The first-order valence-electron chi connectivity index (χ1n) is 8.63. The van der Waals surface area contributed by atoms with E-state index in [9.17, 15) is 19.5 Å². The number of anilines is 1. The van der Waals surface area contributed by atoms with Crippen LogP contribution in [0.4, 0.5) is 5.69 Å². The quantitative estimate of drug-likeness (QED) is 0.826. The van der Waals surface area contributed by atoms with Gasteiger partial charge in [0.05, 0.1) is 5.69 Å². The van der Waals surface area contributed by atoms with Crippen LogP contribution in [0.1, 0.15) is 26.2 Å². The van der Waals surface area contributed by atoms with Gasteiger partial charge in [0.2, 0.25) is 5.91 Å². The van der Waals surface area contributed by atoms with Crippen molar-refractivity contribution in [3.8, 4) is 0 Å². The maximum atomic E-state index is 12.9. The zero-order chi connectivity index (χ0) is 18.8. The molecule has 3 atom stereocenters. The Bertz CT molecular complexity index is 749. The second-order valence-corrected chi connectivity index (χ2v) is 6.83. The fraction of sp³-hybridized carbons (Fsp3) is 0.444. The molecule has 1 fully saturated rings. The molecule has 0 radical (unpaired) electrons. The van der Waals surface area contributed by atoms with E-state index in [2.05, 4.69) is 5.10 Å². The maximum absolute atomic E-state index is 12.9. The highest BCUT2D eigenvalue weighted by Gasteiger charge is 2.41. The summed E-state index contributed by atoms with van der Waals surface area (Å²) in [5, 5.41) is 15.1. The average molecular weight is 358 g/mol. The smallest absolute Gasteiger partial charge is 0.328 e. The highest BCUT2D eigenvalue weighted by Crippen LogP contribution is 2.28. The predicted molar refractivity (Wildman–Crippen MR) is 95.5 cm³/mol. The van der Waals surface area contributed by atoms with Crippen molar-refractivity contribution in [2.24, 2.45) is 16.8 Å². The van der Waals surface area contributed by atoms with Gasteiger partial charge < -0.3 is 15.7 Å². The molecule has 1 saturated heterocycles. The van der Waals surface area contributed by atoms with Crippen molar-refractivity contribution >= 4 is 29.2 Å². The molecule has 1 aromatic carbocycles. The third kappa shape index (κ3) is 3.40. The molecule has 8 nitrogen and oxygen atoms in total. The number of para-hydroxylation sites is 1.